The van der Waals surface area contributed by atoms with E-state index in [1.165, 1.54) is 12.1 Å². The molecule has 3 rings (SSSR count). The van der Waals surface area contributed by atoms with Crippen molar-refractivity contribution < 1.29 is 18.7 Å². The van der Waals surface area contributed by atoms with Crippen molar-refractivity contribution in [2.75, 3.05) is 11.9 Å². The third-order valence-corrected chi connectivity index (χ3v) is 3.96. The SMILES string of the molecule is Cc1ccc(NC(=O)COC(=O)c2ccc(-c3ccccc3)cc2)c(F)c1. The van der Waals surface area contributed by atoms with Gasteiger partial charge in [-0.05, 0) is 47.9 Å². The van der Waals surface area contributed by atoms with Crippen LogP contribution >= 0.6 is 0 Å². The summed E-state index contributed by atoms with van der Waals surface area (Å²) in [6.07, 6.45) is 0. The number of nitrogens with one attached hydrogen (secondary N) is 1. The number of hydrogen-bond donors (Lipinski definition) is 1. The van der Waals surface area contributed by atoms with Crippen LogP contribution in [0.1, 0.15) is 15.9 Å². The van der Waals surface area contributed by atoms with Crippen molar-refractivity contribution in [2.45, 2.75) is 6.92 Å². The van der Waals surface area contributed by atoms with Gasteiger partial charge < -0.3 is 10.1 Å². The lowest BCUT2D eigenvalue weighted by Crippen LogP contribution is -2.21. The third-order valence-electron chi connectivity index (χ3n) is 3.96. The van der Waals surface area contributed by atoms with Crippen molar-refractivity contribution in [1.82, 2.24) is 0 Å². The van der Waals surface area contributed by atoms with Crippen LogP contribution in [0.2, 0.25) is 0 Å². The molecule has 3 aromatic rings. The first-order chi connectivity index (χ1) is 13.0. The highest BCUT2D eigenvalue weighted by Crippen LogP contribution is 2.19. The van der Waals surface area contributed by atoms with Crippen LogP contribution in [0.5, 0.6) is 0 Å². The predicted molar refractivity (Wildman–Crippen MR) is 102 cm³/mol. The number of rotatable bonds is 5. The van der Waals surface area contributed by atoms with Crippen molar-refractivity contribution in [3.05, 3.63) is 89.7 Å². The number of amides is 1. The van der Waals surface area contributed by atoms with Crippen molar-refractivity contribution >= 4 is 17.6 Å². The minimum absolute atomic E-state index is 0.0499. The molecule has 0 aliphatic carbocycles. The topological polar surface area (TPSA) is 55.4 Å². The first-order valence-electron chi connectivity index (χ1n) is 8.41. The van der Waals surface area contributed by atoms with E-state index in [9.17, 15) is 14.0 Å². The number of ether oxygens (including phenoxy) is 1. The largest absolute Gasteiger partial charge is 0.452 e. The van der Waals surface area contributed by atoms with Gasteiger partial charge in [0.05, 0.1) is 11.3 Å². The summed E-state index contributed by atoms with van der Waals surface area (Å²) in [6, 6.07) is 21.1. The highest BCUT2D eigenvalue weighted by atomic mass is 19.1. The number of halogens is 1. The third kappa shape index (κ3) is 4.79. The summed E-state index contributed by atoms with van der Waals surface area (Å²) < 4.78 is 18.7. The average molecular weight is 363 g/mol. The van der Waals surface area contributed by atoms with Gasteiger partial charge in [-0.2, -0.15) is 0 Å². The van der Waals surface area contributed by atoms with Gasteiger partial charge in [-0.15, -0.1) is 0 Å². The summed E-state index contributed by atoms with van der Waals surface area (Å²) in [7, 11) is 0. The van der Waals surface area contributed by atoms with Gasteiger partial charge in [0, 0.05) is 0 Å². The second kappa shape index (κ2) is 8.27. The zero-order valence-corrected chi connectivity index (χ0v) is 14.7. The van der Waals surface area contributed by atoms with E-state index >= 15 is 0 Å². The molecule has 0 fully saturated rings. The van der Waals surface area contributed by atoms with E-state index in [2.05, 4.69) is 5.32 Å². The molecule has 0 radical (unpaired) electrons. The molecule has 0 saturated carbocycles. The molecule has 1 amide bonds. The molecule has 0 heterocycles. The zero-order valence-electron chi connectivity index (χ0n) is 14.7. The predicted octanol–water partition coefficient (Wildman–Crippen LogP) is 4.60. The minimum atomic E-state index is -0.617. The standard InChI is InChI=1S/C22H18FNO3/c1-15-7-12-20(19(23)13-15)24-21(25)14-27-22(26)18-10-8-17(9-11-18)16-5-3-2-4-6-16/h2-13H,14H2,1H3,(H,24,25). The van der Waals surface area contributed by atoms with Crippen molar-refractivity contribution in [3.8, 4) is 11.1 Å². The van der Waals surface area contributed by atoms with E-state index in [1.807, 2.05) is 42.5 Å². The lowest BCUT2D eigenvalue weighted by molar-refractivity contribution is -0.119. The summed E-state index contributed by atoms with van der Waals surface area (Å²) in [5.41, 5.74) is 3.14. The zero-order chi connectivity index (χ0) is 19.2. The Morgan fingerprint density at radius 2 is 1.59 bits per heavy atom. The molecule has 4 nitrogen and oxygen atoms in total. The Labute approximate surface area is 156 Å². The van der Waals surface area contributed by atoms with E-state index in [1.54, 1.807) is 25.1 Å². The second-order valence-corrected chi connectivity index (χ2v) is 6.05. The summed E-state index contributed by atoms with van der Waals surface area (Å²) >= 11 is 0. The van der Waals surface area contributed by atoms with Gasteiger partial charge in [0.15, 0.2) is 6.61 Å². The molecular formula is C22H18FNO3. The molecule has 0 unspecified atom stereocenters. The van der Waals surface area contributed by atoms with Crippen LogP contribution in [0, 0.1) is 12.7 Å². The van der Waals surface area contributed by atoms with Gasteiger partial charge >= 0.3 is 5.97 Å². The van der Waals surface area contributed by atoms with Crippen molar-refractivity contribution in [3.63, 3.8) is 0 Å². The maximum Gasteiger partial charge on any atom is 0.338 e. The Hall–Kier alpha value is -3.47. The molecule has 0 atom stereocenters. The van der Waals surface area contributed by atoms with Gasteiger partial charge in [-0.1, -0.05) is 48.5 Å². The Bertz CT molecular complexity index is 953. The Kier molecular flexibility index (Phi) is 5.61. The lowest BCUT2D eigenvalue weighted by atomic mass is 10.0. The van der Waals surface area contributed by atoms with Crippen LogP contribution in [-0.2, 0) is 9.53 Å². The van der Waals surface area contributed by atoms with Gasteiger partial charge in [0.1, 0.15) is 5.82 Å². The molecule has 5 heteroatoms. The first-order valence-corrected chi connectivity index (χ1v) is 8.41. The van der Waals surface area contributed by atoms with E-state index in [0.717, 1.165) is 16.7 Å². The summed E-state index contributed by atoms with van der Waals surface area (Å²) in [5.74, 6) is -1.76. The van der Waals surface area contributed by atoms with Crippen LogP contribution in [0.3, 0.4) is 0 Å². The fourth-order valence-electron chi connectivity index (χ4n) is 2.55. The minimum Gasteiger partial charge on any atom is -0.452 e. The van der Waals surface area contributed by atoms with E-state index in [0.29, 0.717) is 5.56 Å². The first kappa shape index (κ1) is 18.3. The van der Waals surface area contributed by atoms with E-state index in [4.69, 9.17) is 4.74 Å². The summed E-state index contributed by atoms with van der Waals surface area (Å²) in [4.78, 5) is 24.0. The van der Waals surface area contributed by atoms with Gasteiger partial charge in [-0.25, -0.2) is 9.18 Å². The fraction of sp³-hybridized carbons (Fsp3) is 0.0909. The number of carbonyl (C=O) groups excluding carboxylic acids is 2. The smallest absolute Gasteiger partial charge is 0.338 e. The van der Waals surface area contributed by atoms with Crippen LogP contribution in [0.15, 0.2) is 72.8 Å². The quantitative estimate of drug-likeness (QED) is 0.674. The fourth-order valence-corrected chi connectivity index (χ4v) is 2.55. The Morgan fingerprint density at radius 1 is 0.926 bits per heavy atom. The Balaban J connectivity index is 1.56. The maximum absolute atomic E-state index is 13.7. The molecule has 0 aromatic heterocycles. The summed E-state index contributed by atoms with van der Waals surface area (Å²) in [6.45, 7) is 1.26. The number of carbonyl (C=O) groups is 2. The molecule has 0 aliphatic rings. The molecular weight excluding hydrogens is 345 g/mol. The van der Waals surface area contributed by atoms with Crippen molar-refractivity contribution in [2.24, 2.45) is 0 Å². The van der Waals surface area contributed by atoms with E-state index < -0.39 is 24.3 Å². The van der Waals surface area contributed by atoms with Crippen LogP contribution in [-0.4, -0.2) is 18.5 Å². The number of benzene rings is 3. The van der Waals surface area contributed by atoms with Gasteiger partial charge in [0.2, 0.25) is 0 Å². The number of hydrogen-bond acceptors (Lipinski definition) is 3. The molecule has 27 heavy (non-hydrogen) atoms. The number of esters is 1. The van der Waals surface area contributed by atoms with Crippen LogP contribution < -0.4 is 5.32 Å². The molecule has 0 bridgehead atoms. The van der Waals surface area contributed by atoms with E-state index in [-0.39, 0.29) is 5.69 Å². The Morgan fingerprint density at radius 3 is 2.26 bits per heavy atom. The highest BCUT2D eigenvalue weighted by molar-refractivity contribution is 5.95. The second-order valence-electron chi connectivity index (χ2n) is 6.05. The molecule has 1 N–H and O–H groups in total. The number of aryl methyl sites for hydroxylation is 1. The highest BCUT2D eigenvalue weighted by Gasteiger charge is 2.12. The average Bonchev–Trinajstić information content (AvgIpc) is 2.69. The van der Waals surface area contributed by atoms with Gasteiger partial charge in [0.25, 0.3) is 5.91 Å². The van der Waals surface area contributed by atoms with Crippen molar-refractivity contribution in [1.29, 1.82) is 0 Å². The van der Waals surface area contributed by atoms with Gasteiger partial charge in [-0.3, -0.25) is 4.79 Å². The van der Waals surface area contributed by atoms with Crippen LogP contribution in [0.4, 0.5) is 10.1 Å². The lowest BCUT2D eigenvalue weighted by Gasteiger charge is -2.08. The molecule has 136 valence electrons. The molecule has 0 aliphatic heterocycles. The molecule has 3 aromatic carbocycles. The van der Waals surface area contributed by atoms with Crippen LogP contribution in [0.25, 0.3) is 11.1 Å². The molecule has 0 saturated heterocycles. The monoisotopic (exact) mass is 363 g/mol. The number of anilines is 1. The normalized spacial score (nSPS) is 10.3. The maximum atomic E-state index is 13.7. The summed E-state index contributed by atoms with van der Waals surface area (Å²) in [5, 5.41) is 2.38. The molecule has 0 spiro atoms.